The van der Waals surface area contributed by atoms with Crippen molar-refractivity contribution >= 4 is 21.6 Å². The van der Waals surface area contributed by atoms with Gasteiger partial charge >= 0.3 is 0 Å². The molecule has 0 bridgehead atoms. The van der Waals surface area contributed by atoms with E-state index in [2.05, 4.69) is 39.2 Å². The Morgan fingerprint density at radius 1 is 1.08 bits per heavy atom. The molecule has 0 heterocycles. The topological polar surface area (TPSA) is 0 Å². The van der Waals surface area contributed by atoms with Gasteiger partial charge in [0.15, 0.2) is 0 Å². The normalized spacial score (nSPS) is 10.5. The maximum atomic E-state index is 2.27. The van der Waals surface area contributed by atoms with Crippen molar-refractivity contribution in [2.75, 3.05) is 6.26 Å². The van der Waals surface area contributed by atoms with Crippen molar-refractivity contribution in [2.24, 2.45) is 0 Å². The van der Waals surface area contributed by atoms with Gasteiger partial charge in [0.1, 0.15) is 0 Å². The highest BCUT2D eigenvalue weighted by Gasteiger charge is 2.02. The van der Waals surface area contributed by atoms with Crippen molar-refractivity contribution in [3.63, 3.8) is 0 Å². The number of aryl methyl sites for hydroxylation is 3. The summed E-state index contributed by atoms with van der Waals surface area (Å²) >= 11 is 0. The second kappa shape index (κ2) is 4.97. The lowest BCUT2D eigenvalue weighted by Crippen LogP contribution is -1.92. The van der Waals surface area contributed by atoms with Crippen LogP contribution in [0.4, 0.5) is 0 Å². The van der Waals surface area contributed by atoms with Crippen LogP contribution in [-0.2, 0) is 5.75 Å². The third-order valence-corrected chi connectivity index (χ3v) is 3.86. The van der Waals surface area contributed by atoms with E-state index in [9.17, 15) is 0 Å². The lowest BCUT2D eigenvalue weighted by atomic mass is 10.0. The highest BCUT2D eigenvalue weighted by Crippen LogP contribution is 2.27. The maximum absolute atomic E-state index is 2.27. The van der Waals surface area contributed by atoms with Crippen LogP contribution in [0, 0.1) is 20.8 Å². The first-order chi connectivity index (χ1) is 6.15. The zero-order valence-electron chi connectivity index (χ0n) is 8.68. The monoisotopic (exact) mass is 212 g/mol. The second-order valence-corrected chi connectivity index (χ2v) is 5.87. The molecule has 72 valence electrons. The van der Waals surface area contributed by atoms with Crippen LogP contribution >= 0.6 is 21.6 Å². The Kier molecular flexibility index (Phi) is 4.20. The molecule has 0 aromatic heterocycles. The lowest BCUT2D eigenvalue weighted by molar-refractivity contribution is 1.22. The minimum atomic E-state index is 1.12. The molecule has 1 aromatic rings. The zero-order chi connectivity index (χ0) is 9.84. The van der Waals surface area contributed by atoms with Crippen LogP contribution in [0.5, 0.6) is 0 Å². The van der Waals surface area contributed by atoms with Gasteiger partial charge in [-0.25, -0.2) is 0 Å². The maximum Gasteiger partial charge on any atom is 0.0293 e. The summed E-state index contributed by atoms with van der Waals surface area (Å²) in [6.45, 7) is 6.57. The molecule has 2 heteroatoms. The predicted molar refractivity (Wildman–Crippen MR) is 65.5 cm³/mol. The fourth-order valence-corrected chi connectivity index (χ4v) is 2.95. The summed E-state index contributed by atoms with van der Waals surface area (Å²) in [6.07, 6.45) is 2.13. The van der Waals surface area contributed by atoms with Gasteiger partial charge in [-0.3, -0.25) is 0 Å². The highest BCUT2D eigenvalue weighted by atomic mass is 33.1. The van der Waals surface area contributed by atoms with Crippen molar-refractivity contribution in [1.29, 1.82) is 0 Å². The van der Waals surface area contributed by atoms with Crippen LogP contribution in [0.3, 0.4) is 0 Å². The molecular weight excluding hydrogens is 196 g/mol. The van der Waals surface area contributed by atoms with Crippen LogP contribution in [0.15, 0.2) is 12.1 Å². The van der Waals surface area contributed by atoms with E-state index in [0.29, 0.717) is 0 Å². The molecular formula is C11H16S2. The summed E-state index contributed by atoms with van der Waals surface area (Å²) in [5.41, 5.74) is 5.73. The molecule has 0 aliphatic heterocycles. The number of benzene rings is 1. The van der Waals surface area contributed by atoms with E-state index in [0.717, 1.165) is 5.75 Å². The van der Waals surface area contributed by atoms with Gasteiger partial charge in [-0.2, -0.15) is 0 Å². The first-order valence-corrected chi connectivity index (χ1v) is 7.10. The molecule has 0 saturated heterocycles. The summed E-state index contributed by atoms with van der Waals surface area (Å²) in [4.78, 5) is 0. The van der Waals surface area contributed by atoms with Crippen LogP contribution in [0.2, 0.25) is 0 Å². The minimum absolute atomic E-state index is 1.12. The van der Waals surface area contributed by atoms with E-state index in [1.165, 1.54) is 22.3 Å². The standard InChI is InChI=1S/C11H16S2/c1-8-5-9(2)11(7-13-12-4)10(3)6-8/h5-6H,7H2,1-4H3. The van der Waals surface area contributed by atoms with Crippen molar-refractivity contribution in [2.45, 2.75) is 26.5 Å². The fraction of sp³-hybridized carbons (Fsp3) is 0.455. The second-order valence-electron chi connectivity index (χ2n) is 3.31. The molecule has 13 heavy (non-hydrogen) atoms. The van der Waals surface area contributed by atoms with Crippen LogP contribution in [-0.4, -0.2) is 6.26 Å². The minimum Gasteiger partial charge on any atom is -0.0973 e. The molecule has 0 saturated carbocycles. The Morgan fingerprint density at radius 3 is 2.08 bits per heavy atom. The van der Waals surface area contributed by atoms with E-state index in [-0.39, 0.29) is 0 Å². The molecule has 1 rings (SSSR count). The van der Waals surface area contributed by atoms with Crippen molar-refractivity contribution < 1.29 is 0 Å². The summed E-state index contributed by atoms with van der Waals surface area (Å²) in [6, 6.07) is 4.53. The van der Waals surface area contributed by atoms with Crippen LogP contribution in [0.25, 0.3) is 0 Å². The third kappa shape index (κ3) is 2.96. The largest absolute Gasteiger partial charge is 0.0973 e. The molecule has 0 radical (unpaired) electrons. The molecule has 1 aromatic carbocycles. The van der Waals surface area contributed by atoms with Gasteiger partial charge in [0.2, 0.25) is 0 Å². The van der Waals surface area contributed by atoms with Crippen LogP contribution in [0.1, 0.15) is 22.3 Å². The van der Waals surface area contributed by atoms with Crippen LogP contribution < -0.4 is 0 Å². The summed E-state index contributed by atoms with van der Waals surface area (Å²) in [5, 5.41) is 0. The van der Waals surface area contributed by atoms with Gasteiger partial charge < -0.3 is 0 Å². The van der Waals surface area contributed by atoms with E-state index in [4.69, 9.17) is 0 Å². The molecule has 0 amide bonds. The summed E-state index contributed by atoms with van der Waals surface area (Å²) < 4.78 is 0. The SMILES string of the molecule is CSSCc1c(C)cc(C)cc1C. The van der Waals surface area contributed by atoms with E-state index < -0.39 is 0 Å². The van der Waals surface area contributed by atoms with Gasteiger partial charge in [0.25, 0.3) is 0 Å². The molecule has 0 N–H and O–H groups in total. The smallest absolute Gasteiger partial charge is 0.0293 e. The molecule has 0 aliphatic rings. The van der Waals surface area contributed by atoms with Crippen molar-refractivity contribution in [3.8, 4) is 0 Å². The molecule has 0 fully saturated rings. The quantitative estimate of drug-likeness (QED) is 0.691. The summed E-state index contributed by atoms with van der Waals surface area (Å²) in [7, 11) is 3.75. The van der Waals surface area contributed by atoms with Gasteiger partial charge in [-0.15, -0.1) is 0 Å². The zero-order valence-corrected chi connectivity index (χ0v) is 10.3. The number of hydrogen-bond donors (Lipinski definition) is 0. The molecule has 0 unspecified atom stereocenters. The Morgan fingerprint density at radius 2 is 1.62 bits per heavy atom. The Bertz CT molecular complexity index is 269. The van der Waals surface area contributed by atoms with Crippen molar-refractivity contribution in [1.82, 2.24) is 0 Å². The fourth-order valence-electron chi connectivity index (χ4n) is 1.56. The molecule has 0 nitrogen and oxygen atoms in total. The number of hydrogen-bond acceptors (Lipinski definition) is 2. The lowest BCUT2D eigenvalue weighted by Gasteiger charge is -2.09. The number of rotatable bonds is 3. The predicted octanol–water partition coefficient (Wildman–Crippen LogP) is 4.12. The molecule has 0 atom stereocenters. The van der Waals surface area contributed by atoms with Gasteiger partial charge in [-0.05, 0) is 43.7 Å². The Labute approximate surface area is 88.9 Å². The van der Waals surface area contributed by atoms with E-state index in [1.807, 2.05) is 21.6 Å². The average molecular weight is 212 g/mol. The Balaban J connectivity index is 2.92. The molecule has 0 spiro atoms. The average Bonchev–Trinajstić information content (AvgIpc) is 2.02. The van der Waals surface area contributed by atoms with Gasteiger partial charge in [0, 0.05) is 5.75 Å². The first-order valence-electron chi connectivity index (χ1n) is 4.37. The summed E-state index contributed by atoms with van der Waals surface area (Å²) in [5.74, 6) is 1.12. The highest BCUT2D eigenvalue weighted by molar-refractivity contribution is 8.76. The van der Waals surface area contributed by atoms with E-state index in [1.54, 1.807) is 0 Å². The van der Waals surface area contributed by atoms with Gasteiger partial charge in [-0.1, -0.05) is 39.3 Å². The third-order valence-electron chi connectivity index (χ3n) is 2.16. The first kappa shape index (κ1) is 11.0. The van der Waals surface area contributed by atoms with E-state index >= 15 is 0 Å². The van der Waals surface area contributed by atoms with Crippen molar-refractivity contribution in [3.05, 3.63) is 34.4 Å². The molecule has 0 aliphatic carbocycles. The Hall–Kier alpha value is -0.0800. The van der Waals surface area contributed by atoms with Gasteiger partial charge in [0.05, 0.1) is 0 Å².